The summed E-state index contributed by atoms with van der Waals surface area (Å²) in [5.74, 6) is 1.15. The van der Waals surface area contributed by atoms with Crippen molar-refractivity contribution < 1.29 is 9.53 Å². The predicted molar refractivity (Wildman–Crippen MR) is 121 cm³/mol. The second-order valence-electron chi connectivity index (χ2n) is 7.17. The van der Waals surface area contributed by atoms with Crippen molar-refractivity contribution in [3.8, 4) is 17.0 Å². The van der Waals surface area contributed by atoms with Crippen LogP contribution in [0.5, 0.6) is 5.75 Å². The van der Waals surface area contributed by atoms with Crippen molar-refractivity contribution in [2.75, 3.05) is 31.1 Å². The summed E-state index contributed by atoms with van der Waals surface area (Å²) in [5.41, 5.74) is 1.70. The summed E-state index contributed by atoms with van der Waals surface area (Å²) in [7, 11) is 0. The van der Waals surface area contributed by atoms with E-state index in [1.54, 1.807) is 42.4 Å². The first-order valence-corrected chi connectivity index (χ1v) is 10.7. The number of nitrogens with zero attached hydrogens (tertiary/aromatic N) is 5. The molecule has 1 atom stereocenters. The number of pyridine rings is 1. The van der Waals surface area contributed by atoms with Crippen LogP contribution >= 0.6 is 23.2 Å². The third kappa shape index (κ3) is 5.06. The first-order valence-electron chi connectivity index (χ1n) is 9.91. The molecule has 1 aliphatic rings. The Morgan fingerprint density at radius 3 is 2.52 bits per heavy atom. The zero-order valence-corrected chi connectivity index (χ0v) is 18.4. The molecule has 0 radical (unpaired) electrons. The molecular weight excluding hydrogens is 437 g/mol. The molecule has 7 nitrogen and oxygen atoms in total. The normalized spacial score (nSPS) is 14.9. The van der Waals surface area contributed by atoms with E-state index >= 15 is 0 Å². The highest BCUT2D eigenvalue weighted by molar-refractivity contribution is 6.35. The van der Waals surface area contributed by atoms with E-state index < -0.39 is 6.10 Å². The van der Waals surface area contributed by atoms with E-state index in [1.165, 1.54) is 0 Å². The van der Waals surface area contributed by atoms with Gasteiger partial charge in [-0.05, 0) is 49.4 Å². The lowest BCUT2D eigenvalue weighted by molar-refractivity contribution is -0.138. The van der Waals surface area contributed by atoms with Crippen molar-refractivity contribution in [2.24, 2.45) is 0 Å². The second-order valence-corrected chi connectivity index (χ2v) is 8.01. The molecule has 1 saturated heterocycles. The van der Waals surface area contributed by atoms with Gasteiger partial charge < -0.3 is 14.5 Å². The Balaban J connectivity index is 1.33. The first kappa shape index (κ1) is 21.3. The van der Waals surface area contributed by atoms with Crippen LogP contribution in [0.3, 0.4) is 0 Å². The van der Waals surface area contributed by atoms with E-state index in [-0.39, 0.29) is 5.91 Å². The number of anilines is 1. The number of piperazine rings is 1. The maximum absolute atomic E-state index is 12.8. The van der Waals surface area contributed by atoms with E-state index in [2.05, 4.69) is 20.1 Å². The largest absolute Gasteiger partial charge is 0.479 e. The number of ether oxygens (including phenoxy) is 1. The van der Waals surface area contributed by atoms with Crippen molar-refractivity contribution in [3.05, 3.63) is 64.9 Å². The summed E-state index contributed by atoms with van der Waals surface area (Å²) < 4.78 is 5.76. The van der Waals surface area contributed by atoms with Crippen LogP contribution in [0.15, 0.2) is 54.9 Å². The van der Waals surface area contributed by atoms with Gasteiger partial charge in [0.05, 0.1) is 10.7 Å². The van der Waals surface area contributed by atoms with Gasteiger partial charge in [0.25, 0.3) is 5.91 Å². The van der Waals surface area contributed by atoms with Crippen molar-refractivity contribution in [1.29, 1.82) is 0 Å². The summed E-state index contributed by atoms with van der Waals surface area (Å²) in [5, 5.41) is 9.56. The molecule has 4 rings (SSSR count). The molecule has 0 spiro atoms. The third-order valence-corrected chi connectivity index (χ3v) is 5.60. The zero-order chi connectivity index (χ0) is 21.8. The van der Waals surface area contributed by atoms with Crippen LogP contribution in [-0.2, 0) is 4.79 Å². The molecule has 31 heavy (non-hydrogen) atoms. The fraction of sp³-hybridized carbons (Fsp3) is 0.273. The van der Waals surface area contributed by atoms with E-state index in [0.29, 0.717) is 42.0 Å². The number of carbonyl (C=O) groups is 1. The molecule has 3 aromatic rings. The molecule has 9 heteroatoms. The van der Waals surface area contributed by atoms with Crippen LogP contribution in [0.4, 0.5) is 5.82 Å². The molecule has 2 aromatic heterocycles. The number of benzene rings is 1. The van der Waals surface area contributed by atoms with Crippen LogP contribution < -0.4 is 9.64 Å². The van der Waals surface area contributed by atoms with Gasteiger partial charge in [-0.2, -0.15) is 0 Å². The zero-order valence-electron chi connectivity index (χ0n) is 16.9. The highest BCUT2D eigenvalue weighted by Crippen LogP contribution is 2.28. The molecular formula is C22H21Cl2N5O2. The van der Waals surface area contributed by atoms with Gasteiger partial charge in [0.15, 0.2) is 11.9 Å². The Morgan fingerprint density at radius 1 is 1.06 bits per heavy atom. The second kappa shape index (κ2) is 9.49. The number of hydrogen-bond donors (Lipinski definition) is 0. The van der Waals surface area contributed by atoms with E-state index in [9.17, 15) is 4.79 Å². The van der Waals surface area contributed by atoms with Crippen LogP contribution in [0.2, 0.25) is 10.0 Å². The first-order chi connectivity index (χ1) is 15.0. The lowest BCUT2D eigenvalue weighted by Crippen LogP contribution is -2.52. The van der Waals surface area contributed by atoms with Gasteiger partial charge in [0.2, 0.25) is 0 Å². The fourth-order valence-corrected chi connectivity index (χ4v) is 3.84. The summed E-state index contributed by atoms with van der Waals surface area (Å²) in [4.78, 5) is 20.8. The maximum Gasteiger partial charge on any atom is 0.263 e. The Labute approximate surface area is 190 Å². The Hall–Kier alpha value is -2.90. The topological polar surface area (TPSA) is 71.5 Å². The van der Waals surface area contributed by atoms with Crippen molar-refractivity contribution >= 4 is 34.9 Å². The van der Waals surface area contributed by atoms with Crippen molar-refractivity contribution in [1.82, 2.24) is 20.1 Å². The Kier molecular flexibility index (Phi) is 6.53. The number of aromatic nitrogens is 3. The molecule has 1 aliphatic heterocycles. The van der Waals surface area contributed by atoms with Crippen molar-refractivity contribution in [2.45, 2.75) is 13.0 Å². The lowest BCUT2D eigenvalue weighted by atomic mass is 10.2. The van der Waals surface area contributed by atoms with E-state index in [0.717, 1.165) is 17.1 Å². The fourth-order valence-electron chi connectivity index (χ4n) is 3.39. The Bertz CT molecular complexity index is 1040. The standard InChI is InChI=1S/C22H21Cl2N5O2/c1-15(31-20-6-4-17(23)13-18(20)24)22(30)29-11-9-28(10-12-29)21-7-5-19(26-27-21)16-3-2-8-25-14-16/h2-8,13-15H,9-12H2,1H3. The minimum atomic E-state index is -0.649. The number of halogens is 2. The number of amides is 1. The molecule has 3 heterocycles. The minimum absolute atomic E-state index is 0.0799. The van der Waals surface area contributed by atoms with Gasteiger partial charge in [0.1, 0.15) is 5.75 Å². The highest BCUT2D eigenvalue weighted by atomic mass is 35.5. The predicted octanol–water partition coefficient (Wildman–Crippen LogP) is 3.96. The molecule has 1 fully saturated rings. The van der Waals surface area contributed by atoms with Gasteiger partial charge in [-0.3, -0.25) is 9.78 Å². The van der Waals surface area contributed by atoms with Crippen molar-refractivity contribution in [3.63, 3.8) is 0 Å². The van der Waals surface area contributed by atoms with Gasteiger partial charge in [-0.15, -0.1) is 10.2 Å². The van der Waals surface area contributed by atoms with Gasteiger partial charge >= 0.3 is 0 Å². The lowest BCUT2D eigenvalue weighted by Gasteiger charge is -2.36. The molecule has 1 aromatic carbocycles. The molecule has 1 unspecified atom stereocenters. The summed E-state index contributed by atoms with van der Waals surface area (Å²) >= 11 is 12.1. The average Bonchev–Trinajstić information content (AvgIpc) is 2.81. The third-order valence-electron chi connectivity index (χ3n) is 5.07. The van der Waals surface area contributed by atoms with E-state index in [4.69, 9.17) is 27.9 Å². The maximum atomic E-state index is 12.8. The molecule has 1 amide bonds. The number of carbonyl (C=O) groups excluding carboxylic acids is 1. The average molecular weight is 458 g/mol. The minimum Gasteiger partial charge on any atom is -0.479 e. The summed E-state index contributed by atoms with van der Waals surface area (Å²) in [6, 6.07) is 12.6. The molecule has 0 saturated carbocycles. The van der Waals surface area contributed by atoms with Crippen LogP contribution in [0.1, 0.15) is 6.92 Å². The van der Waals surface area contributed by atoms with Gasteiger partial charge in [-0.25, -0.2) is 0 Å². The van der Waals surface area contributed by atoms with Crippen LogP contribution in [-0.4, -0.2) is 58.3 Å². The van der Waals surface area contributed by atoms with Gasteiger partial charge in [-0.1, -0.05) is 23.2 Å². The smallest absolute Gasteiger partial charge is 0.263 e. The van der Waals surface area contributed by atoms with Crippen LogP contribution in [0.25, 0.3) is 11.3 Å². The number of rotatable bonds is 5. The SMILES string of the molecule is CC(Oc1ccc(Cl)cc1Cl)C(=O)N1CCN(c2ccc(-c3cccnc3)nn2)CC1. The molecule has 0 bridgehead atoms. The molecule has 0 N–H and O–H groups in total. The van der Waals surface area contributed by atoms with Crippen LogP contribution in [0, 0.1) is 0 Å². The quantitative estimate of drug-likeness (QED) is 0.577. The molecule has 0 aliphatic carbocycles. The summed E-state index contributed by atoms with van der Waals surface area (Å²) in [6.45, 7) is 4.21. The highest BCUT2D eigenvalue weighted by Gasteiger charge is 2.27. The monoisotopic (exact) mass is 457 g/mol. The van der Waals surface area contributed by atoms with E-state index in [1.807, 2.05) is 24.3 Å². The number of hydrogen-bond acceptors (Lipinski definition) is 6. The van der Waals surface area contributed by atoms with Gasteiger partial charge in [0, 0.05) is 49.2 Å². The summed E-state index contributed by atoms with van der Waals surface area (Å²) in [6.07, 6.45) is 2.83. The Morgan fingerprint density at radius 2 is 1.87 bits per heavy atom. The molecule has 160 valence electrons.